The van der Waals surface area contributed by atoms with E-state index in [4.69, 9.17) is 9.47 Å². The van der Waals surface area contributed by atoms with Crippen molar-refractivity contribution in [3.63, 3.8) is 0 Å². The van der Waals surface area contributed by atoms with Crippen molar-refractivity contribution in [2.75, 3.05) is 0 Å². The molecule has 0 aromatic rings. The minimum absolute atomic E-state index is 0.135. The Morgan fingerprint density at radius 2 is 1.96 bits per heavy atom. The van der Waals surface area contributed by atoms with Gasteiger partial charge in [0.2, 0.25) is 0 Å². The zero-order valence-electron chi connectivity index (χ0n) is 14.6. The van der Waals surface area contributed by atoms with E-state index in [1.807, 2.05) is 19.9 Å². The Labute approximate surface area is 144 Å². The molecule has 128 valence electrons. The van der Waals surface area contributed by atoms with Crippen LogP contribution < -0.4 is 0 Å². The molecular weight excluding hydrogens is 300 g/mol. The number of allylic oxidation sites excluding steroid dienone is 2. The Bertz CT molecular complexity index is 667. The average Bonchev–Trinajstić information content (AvgIpc) is 3.02. The highest BCUT2D eigenvalue weighted by Crippen LogP contribution is 2.52. The van der Waals surface area contributed by atoms with Crippen molar-refractivity contribution < 1.29 is 14.3 Å². The second kappa shape index (κ2) is 6.12. The Kier molecular flexibility index (Phi) is 4.29. The zero-order chi connectivity index (χ0) is 17.6. The number of rotatable bonds is 3. The van der Waals surface area contributed by atoms with Crippen LogP contribution in [0, 0.1) is 17.8 Å². The molecular formula is C21H26O3. The summed E-state index contributed by atoms with van der Waals surface area (Å²) in [6.45, 7) is 20.5. The van der Waals surface area contributed by atoms with Gasteiger partial charge in [-0.25, -0.2) is 4.79 Å². The summed E-state index contributed by atoms with van der Waals surface area (Å²) in [6, 6.07) is 0. The molecule has 2 saturated carbocycles. The fraction of sp³-hybridized carbons (Fsp3) is 0.476. The van der Waals surface area contributed by atoms with E-state index < -0.39 is 0 Å². The topological polar surface area (TPSA) is 35.5 Å². The summed E-state index contributed by atoms with van der Waals surface area (Å²) in [4.78, 5) is 12.2. The zero-order valence-corrected chi connectivity index (χ0v) is 14.6. The monoisotopic (exact) mass is 326 g/mol. The largest absolute Gasteiger partial charge is 0.490 e. The SMILES string of the molecule is C=C(O[C@H]1CC(=C)[C@H]2CCC(=C)[C@H]2[C@H]2OC(=O)C(=C)[C@@H]21)/C(C)=C/C. The first-order valence-electron chi connectivity index (χ1n) is 8.59. The van der Waals surface area contributed by atoms with Gasteiger partial charge in [-0.05, 0) is 38.2 Å². The normalized spacial score (nSPS) is 36.1. The van der Waals surface area contributed by atoms with Gasteiger partial charge >= 0.3 is 5.97 Å². The number of ether oxygens (including phenoxy) is 2. The fourth-order valence-electron chi connectivity index (χ4n) is 4.32. The second-order valence-corrected chi connectivity index (χ2v) is 7.16. The van der Waals surface area contributed by atoms with Crippen molar-refractivity contribution in [1.29, 1.82) is 0 Å². The summed E-state index contributed by atoms with van der Waals surface area (Å²) in [6.07, 6.45) is 4.19. The maximum Gasteiger partial charge on any atom is 0.334 e. The van der Waals surface area contributed by atoms with Crippen molar-refractivity contribution in [3.05, 3.63) is 60.4 Å². The molecule has 3 nitrogen and oxygen atoms in total. The maximum atomic E-state index is 12.2. The standard InChI is InChI=1S/C21H26O3/c1-7-11(2)15(6)23-17-10-13(4)16-9-8-12(3)18(16)20-19(17)14(5)21(22)24-20/h7,16-20H,3-6,8-10H2,1-2H3/b11-7+/t16-,17+,18-,19-,20-/m1/s1. The van der Waals surface area contributed by atoms with Gasteiger partial charge in [0.1, 0.15) is 18.0 Å². The Balaban J connectivity index is 1.96. The molecule has 0 spiro atoms. The third kappa shape index (κ3) is 2.56. The molecule has 0 bridgehead atoms. The lowest BCUT2D eigenvalue weighted by molar-refractivity contribution is -0.141. The fourth-order valence-corrected chi connectivity index (χ4v) is 4.32. The van der Waals surface area contributed by atoms with Crippen LogP contribution in [0.25, 0.3) is 0 Å². The van der Waals surface area contributed by atoms with Crippen LogP contribution >= 0.6 is 0 Å². The van der Waals surface area contributed by atoms with Gasteiger partial charge < -0.3 is 9.47 Å². The molecule has 1 saturated heterocycles. The molecule has 3 rings (SSSR count). The number of carbonyl (C=O) groups is 1. The van der Waals surface area contributed by atoms with E-state index in [2.05, 4.69) is 26.3 Å². The summed E-state index contributed by atoms with van der Waals surface area (Å²) in [7, 11) is 0. The predicted molar refractivity (Wildman–Crippen MR) is 95.1 cm³/mol. The van der Waals surface area contributed by atoms with Gasteiger partial charge in [-0.15, -0.1) is 0 Å². The Morgan fingerprint density at radius 1 is 1.25 bits per heavy atom. The number of fused-ring (bicyclic) bond motifs is 3. The smallest absolute Gasteiger partial charge is 0.334 e. The van der Waals surface area contributed by atoms with Gasteiger partial charge in [-0.2, -0.15) is 0 Å². The van der Waals surface area contributed by atoms with Crippen LogP contribution in [-0.2, 0) is 14.3 Å². The third-order valence-corrected chi connectivity index (χ3v) is 5.85. The molecule has 3 aliphatic rings. The van der Waals surface area contributed by atoms with Gasteiger partial charge in [0.25, 0.3) is 0 Å². The molecule has 0 radical (unpaired) electrons. The second-order valence-electron chi connectivity index (χ2n) is 7.16. The maximum absolute atomic E-state index is 12.2. The van der Waals surface area contributed by atoms with Crippen LogP contribution in [0.5, 0.6) is 0 Å². The molecule has 3 heteroatoms. The predicted octanol–water partition coefficient (Wildman–Crippen LogP) is 4.49. The quantitative estimate of drug-likeness (QED) is 0.252. The minimum atomic E-state index is -0.307. The summed E-state index contributed by atoms with van der Waals surface area (Å²) < 4.78 is 11.9. The van der Waals surface area contributed by atoms with Gasteiger partial charge in [0.15, 0.2) is 0 Å². The molecule has 1 heterocycles. The van der Waals surface area contributed by atoms with Crippen LogP contribution in [0.4, 0.5) is 0 Å². The van der Waals surface area contributed by atoms with Gasteiger partial charge in [-0.1, -0.05) is 43.5 Å². The molecule has 24 heavy (non-hydrogen) atoms. The van der Waals surface area contributed by atoms with Gasteiger partial charge in [-0.3, -0.25) is 0 Å². The van der Waals surface area contributed by atoms with E-state index >= 15 is 0 Å². The van der Waals surface area contributed by atoms with Gasteiger partial charge in [0.05, 0.1) is 5.92 Å². The number of hydrogen-bond acceptors (Lipinski definition) is 3. The molecule has 0 aromatic carbocycles. The summed E-state index contributed by atoms with van der Waals surface area (Å²) >= 11 is 0. The average molecular weight is 326 g/mol. The van der Waals surface area contributed by atoms with E-state index in [0.717, 1.165) is 29.6 Å². The minimum Gasteiger partial charge on any atom is -0.490 e. The first-order valence-corrected chi connectivity index (χ1v) is 8.59. The van der Waals surface area contributed by atoms with Crippen molar-refractivity contribution in [1.82, 2.24) is 0 Å². The van der Waals surface area contributed by atoms with Crippen molar-refractivity contribution in [2.24, 2.45) is 17.8 Å². The molecule has 0 N–H and O–H groups in total. The third-order valence-electron chi connectivity index (χ3n) is 5.85. The molecule has 0 unspecified atom stereocenters. The number of esters is 1. The van der Waals surface area contributed by atoms with Crippen LogP contribution in [0.1, 0.15) is 33.1 Å². The lowest BCUT2D eigenvalue weighted by Crippen LogP contribution is -2.34. The molecule has 2 aliphatic carbocycles. The summed E-state index contributed by atoms with van der Waals surface area (Å²) in [5.74, 6) is 0.606. The van der Waals surface area contributed by atoms with Crippen LogP contribution in [0.3, 0.4) is 0 Å². The summed E-state index contributed by atoms with van der Waals surface area (Å²) in [5.41, 5.74) is 3.81. The Hall–Kier alpha value is -2.03. The molecule has 0 amide bonds. The van der Waals surface area contributed by atoms with Crippen molar-refractivity contribution >= 4 is 5.97 Å². The highest BCUT2D eigenvalue weighted by Gasteiger charge is 2.54. The highest BCUT2D eigenvalue weighted by molar-refractivity contribution is 5.91. The van der Waals surface area contributed by atoms with E-state index in [1.165, 1.54) is 0 Å². The van der Waals surface area contributed by atoms with E-state index in [9.17, 15) is 4.79 Å². The molecule has 3 fully saturated rings. The number of carbonyl (C=O) groups excluding carboxylic acids is 1. The first kappa shape index (κ1) is 16.8. The van der Waals surface area contributed by atoms with E-state index in [1.54, 1.807) is 0 Å². The molecule has 5 atom stereocenters. The first-order chi connectivity index (χ1) is 11.3. The van der Waals surface area contributed by atoms with E-state index in [-0.39, 0.29) is 30.0 Å². The van der Waals surface area contributed by atoms with Crippen molar-refractivity contribution in [3.8, 4) is 0 Å². The molecule has 0 aromatic heterocycles. The van der Waals surface area contributed by atoms with Crippen molar-refractivity contribution in [2.45, 2.75) is 45.3 Å². The van der Waals surface area contributed by atoms with E-state index in [0.29, 0.717) is 23.7 Å². The van der Waals surface area contributed by atoms with Crippen LogP contribution in [-0.4, -0.2) is 18.2 Å². The lowest BCUT2D eigenvalue weighted by atomic mass is 9.81. The summed E-state index contributed by atoms with van der Waals surface area (Å²) in [5, 5.41) is 0. The Morgan fingerprint density at radius 3 is 2.62 bits per heavy atom. The molecule has 1 aliphatic heterocycles. The highest BCUT2D eigenvalue weighted by atomic mass is 16.6. The van der Waals surface area contributed by atoms with Crippen LogP contribution in [0.2, 0.25) is 0 Å². The number of hydrogen-bond donors (Lipinski definition) is 0. The van der Waals surface area contributed by atoms with Crippen LogP contribution in [0.15, 0.2) is 60.4 Å². The lowest BCUT2D eigenvalue weighted by Gasteiger charge is -2.29. The van der Waals surface area contributed by atoms with Gasteiger partial charge in [0, 0.05) is 17.9 Å².